The van der Waals surface area contributed by atoms with Crippen molar-refractivity contribution in [1.29, 1.82) is 0 Å². The molecule has 2 aromatic heterocycles. The Morgan fingerprint density at radius 1 is 1.00 bits per heavy atom. The Kier molecular flexibility index (Phi) is 4.01. The van der Waals surface area contributed by atoms with Crippen LogP contribution in [0.4, 0.5) is 26.3 Å². The number of benzene rings is 1. The molecule has 0 spiro atoms. The van der Waals surface area contributed by atoms with Gasteiger partial charge < -0.3 is 4.74 Å². The van der Waals surface area contributed by atoms with Gasteiger partial charge in [-0.25, -0.2) is 4.68 Å². The number of ether oxygens (including phenoxy) is 1. The topological polar surface area (TPSA) is 52.8 Å². The molecule has 2 heterocycles. The van der Waals surface area contributed by atoms with Crippen molar-refractivity contribution >= 4 is 11.0 Å². The lowest BCUT2D eigenvalue weighted by atomic mass is 10.1. The predicted octanol–water partition coefficient (Wildman–Crippen LogP) is 3.95. The van der Waals surface area contributed by atoms with E-state index in [9.17, 15) is 26.3 Å². The van der Waals surface area contributed by atoms with Crippen LogP contribution in [0.5, 0.6) is 5.75 Å². The number of pyridine rings is 1. The zero-order valence-corrected chi connectivity index (χ0v) is 12.1. The first-order valence-electron chi connectivity index (χ1n) is 6.73. The van der Waals surface area contributed by atoms with Crippen molar-refractivity contribution in [1.82, 2.24) is 20.0 Å². The van der Waals surface area contributed by atoms with Gasteiger partial charge in [0.1, 0.15) is 17.8 Å². The van der Waals surface area contributed by atoms with Crippen molar-refractivity contribution in [2.45, 2.75) is 19.1 Å². The second kappa shape index (κ2) is 5.90. The van der Waals surface area contributed by atoms with E-state index < -0.39 is 24.8 Å². The van der Waals surface area contributed by atoms with E-state index in [4.69, 9.17) is 0 Å². The molecule has 5 nitrogen and oxygen atoms in total. The first-order chi connectivity index (χ1) is 11.6. The standard InChI is InChI=1S/C14H8F6N4O/c15-13(16,17)7-24-12-5-10(21-6-11(12)22-23-24)8-1-3-9(4-2-8)25-14(18,19)20/h1-6H,7H2. The molecule has 0 radical (unpaired) electrons. The molecule has 0 bridgehead atoms. The predicted molar refractivity (Wildman–Crippen MR) is 73.5 cm³/mol. The molecule has 0 amide bonds. The van der Waals surface area contributed by atoms with Crippen LogP contribution in [0.25, 0.3) is 22.3 Å². The molecule has 1 aromatic carbocycles. The van der Waals surface area contributed by atoms with Gasteiger partial charge >= 0.3 is 12.5 Å². The molecular formula is C14H8F6N4O. The summed E-state index contributed by atoms with van der Waals surface area (Å²) in [5, 5.41) is 7.03. The summed E-state index contributed by atoms with van der Waals surface area (Å²) in [5.41, 5.74) is 0.941. The maximum Gasteiger partial charge on any atom is 0.573 e. The van der Waals surface area contributed by atoms with Crippen LogP contribution in [-0.4, -0.2) is 32.5 Å². The molecule has 0 saturated carbocycles. The maximum atomic E-state index is 12.5. The van der Waals surface area contributed by atoms with Crippen LogP contribution in [0.3, 0.4) is 0 Å². The van der Waals surface area contributed by atoms with Gasteiger partial charge in [-0.05, 0) is 30.3 Å². The molecule has 3 rings (SSSR count). The number of alkyl halides is 6. The molecule has 0 fully saturated rings. The highest BCUT2D eigenvalue weighted by Gasteiger charge is 2.31. The molecule has 0 aliphatic heterocycles. The Morgan fingerprint density at radius 3 is 2.28 bits per heavy atom. The summed E-state index contributed by atoms with van der Waals surface area (Å²) in [6.45, 7) is -1.31. The lowest BCUT2D eigenvalue weighted by molar-refractivity contribution is -0.274. The molecular weight excluding hydrogens is 354 g/mol. The summed E-state index contributed by atoms with van der Waals surface area (Å²) in [6.07, 6.45) is -8.04. The maximum absolute atomic E-state index is 12.5. The Labute approximate surface area is 135 Å². The molecule has 0 aliphatic carbocycles. The number of halogens is 6. The minimum Gasteiger partial charge on any atom is -0.406 e. The summed E-state index contributed by atoms with van der Waals surface area (Å²) in [4.78, 5) is 4.03. The van der Waals surface area contributed by atoms with E-state index in [1.807, 2.05) is 0 Å². The van der Waals surface area contributed by atoms with E-state index in [0.717, 1.165) is 12.1 Å². The molecule has 11 heteroatoms. The van der Waals surface area contributed by atoms with Gasteiger partial charge in [-0.1, -0.05) is 5.21 Å². The van der Waals surface area contributed by atoms with Crippen molar-refractivity contribution in [2.24, 2.45) is 0 Å². The quantitative estimate of drug-likeness (QED) is 0.662. The van der Waals surface area contributed by atoms with Crippen LogP contribution >= 0.6 is 0 Å². The van der Waals surface area contributed by atoms with Gasteiger partial charge in [-0.2, -0.15) is 13.2 Å². The summed E-state index contributed by atoms with van der Waals surface area (Å²) in [6, 6.07) is 6.13. The first-order valence-corrected chi connectivity index (χ1v) is 6.73. The van der Waals surface area contributed by atoms with E-state index >= 15 is 0 Å². The van der Waals surface area contributed by atoms with Crippen molar-refractivity contribution in [3.63, 3.8) is 0 Å². The second-order valence-corrected chi connectivity index (χ2v) is 4.99. The van der Waals surface area contributed by atoms with Crippen molar-refractivity contribution in [3.8, 4) is 17.0 Å². The van der Waals surface area contributed by atoms with Crippen LogP contribution in [0.1, 0.15) is 0 Å². The third-order valence-electron chi connectivity index (χ3n) is 3.11. The minimum atomic E-state index is -4.81. The number of fused-ring (bicyclic) bond motifs is 1. The molecule has 0 N–H and O–H groups in total. The van der Waals surface area contributed by atoms with Crippen molar-refractivity contribution in [3.05, 3.63) is 36.5 Å². The highest BCUT2D eigenvalue weighted by atomic mass is 19.4. The number of hydrogen-bond acceptors (Lipinski definition) is 4. The van der Waals surface area contributed by atoms with Crippen LogP contribution < -0.4 is 4.74 Å². The number of hydrogen-bond donors (Lipinski definition) is 0. The van der Waals surface area contributed by atoms with Crippen LogP contribution in [0, 0.1) is 0 Å². The average Bonchev–Trinajstić information content (AvgIpc) is 2.87. The number of aromatic nitrogens is 4. The van der Waals surface area contributed by atoms with Gasteiger partial charge in [0.05, 0.1) is 17.4 Å². The van der Waals surface area contributed by atoms with Crippen LogP contribution in [0.2, 0.25) is 0 Å². The Hall–Kier alpha value is -2.85. The smallest absolute Gasteiger partial charge is 0.406 e. The summed E-state index contributed by atoms with van der Waals surface area (Å²) >= 11 is 0. The Morgan fingerprint density at radius 2 is 1.68 bits per heavy atom. The average molecular weight is 362 g/mol. The molecule has 0 unspecified atom stereocenters. The minimum absolute atomic E-state index is 0.109. The SMILES string of the molecule is FC(F)(F)Cn1nnc2cnc(-c3ccc(OC(F)(F)F)cc3)cc21. The Balaban J connectivity index is 1.92. The highest BCUT2D eigenvalue weighted by Crippen LogP contribution is 2.27. The van der Waals surface area contributed by atoms with Crippen molar-refractivity contribution < 1.29 is 31.1 Å². The van der Waals surface area contributed by atoms with Gasteiger partial charge in [-0.3, -0.25) is 4.98 Å². The fourth-order valence-electron chi connectivity index (χ4n) is 2.14. The van der Waals surface area contributed by atoms with Gasteiger partial charge in [0.15, 0.2) is 0 Å². The summed E-state index contributed by atoms with van der Waals surface area (Å²) in [7, 11) is 0. The summed E-state index contributed by atoms with van der Waals surface area (Å²) < 4.78 is 78.5. The molecule has 3 aromatic rings. The van der Waals surface area contributed by atoms with E-state index in [-0.39, 0.29) is 16.7 Å². The molecule has 0 saturated heterocycles. The highest BCUT2D eigenvalue weighted by molar-refractivity contribution is 5.78. The lowest BCUT2D eigenvalue weighted by Gasteiger charge is -2.09. The molecule has 132 valence electrons. The fourth-order valence-corrected chi connectivity index (χ4v) is 2.14. The zero-order chi connectivity index (χ0) is 18.2. The third-order valence-corrected chi connectivity index (χ3v) is 3.11. The first kappa shape index (κ1) is 17.0. The van der Waals surface area contributed by atoms with E-state index in [0.29, 0.717) is 10.2 Å². The second-order valence-electron chi connectivity index (χ2n) is 4.99. The van der Waals surface area contributed by atoms with E-state index in [1.165, 1.54) is 24.4 Å². The number of rotatable bonds is 3. The van der Waals surface area contributed by atoms with Crippen LogP contribution in [0.15, 0.2) is 36.5 Å². The largest absolute Gasteiger partial charge is 0.573 e. The molecule has 0 atom stereocenters. The van der Waals surface area contributed by atoms with Gasteiger partial charge in [0.2, 0.25) is 0 Å². The zero-order valence-electron chi connectivity index (χ0n) is 12.1. The van der Waals surface area contributed by atoms with Gasteiger partial charge in [-0.15, -0.1) is 18.3 Å². The summed E-state index contributed by atoms with van der Waals surface area (Å²) in [5.74, 6) is -0.416. The van der Waals surface area contributed by atoms with Gasteiger partial charge in [0, 0.05) is 5.56 Å². The third kappa shape index (κ3) is 4.17. The van der Waals surface area contributed by atoms with Gasteiger partial charge in [0.25, 0.3) is 0 Å². The van der Waals surface area contributed by atoms with Crippen molar-refractivity contribution in [2.75, 3.05) is 0 Å². The Bertz CT molecular complexity index is 885. The van der Waals surface area contributed by atoms with E-state index in [1.54, 1.807) is 0 Å². The van der Waals surface area contributed by atoms with Crippen LogP contribution in [-0.2, 0) is 6.54 Å². The molecule has 0 aliphatic rings. The molecule has 25 heavy (non-hydrogen) atoms. The number of nitrogens with zero attached hydrogens (tertiary/aromatic N) is 4. The lowest BCUT2D eigenvalue weighted by Crippen LogP contribution is -2.18. The van der Waals surface area contributed by atoms with E-state index in [2.05, 4.69) is 20.0 Å². The fraction of sp³-hybridized carbons (Fsp3) is 0.214. The monoisotopic (exact) mass is 362 g/mol. The normalized spacial score (nSPS) is 12.6.